The highest BCUT2D eigenvalue weighted by atomic mass is 16.6. The minimum absolute atomic E-state index is 0.0163. The van der Waals surface area contributed by atoms with Crippen molar-refractivity contribution in [2.75, 3.05) is 6.61 Å². The molecule has 0 aromatic rings. The predicted molar refractivity (Wildman–Crippen MR) is 100 cm³/mol. The van der Waals surface area contributed by atoms with Gasteiger partial charge in [-0.2, -0.15) is 0 Å². The number of hydrogen-bond acceptors (Lipinski definition) is 7. The molecule has 0 radical (unpaired) electrons. The molecule has 2 saturated heterocycles. The number of Topliss-reactive ketones (excluding diaryl/α,β-unsaturated/α-hetero) is 1. The number of ether oxygens (including phenoxy) is 2. The number of hydrogen-bond donors (Lipinski definition) is 3. The normalized spacial score (nSPS) is 54.7. The Hall–Kier alpha value is -1.28. The molecule has 6 fully saturated rings. The molecule has 160 valence electrons. The zero-order valence-corrected chi connectivity index (χ0v) is 17.2. The van der Waals surface area contributed by atoms with E-state index in [2.05, 4.69) is 20.4 Å². The molecule has 0 aromatic carbocycles. The van der Waals surface area contributed by atoms with Gasteiger partial charge in [-0.15, -0.1) is 0 Å². The van der Waals surface area contributed by atoms with Gasteiger partial charge in [-0.1, -0.05) is 20.4 Å². The predicted octanol–water partition coefficient (Wildman–Crippen LogP) is 1.09. The Balaban J connectivity index is 1.77. The molecule has 4 saturated carbocycles. The zero-order chi connectivity index (χ0) is 21.2. The van der Waals surface area contributed by atoms with Crippen LogP contribution in [0.3, 0.4) is 0 Å². The van der Waals surface area contributed by atoms with E-state index in [1.165, 1.54) is 6.92 Å². The highest BCUT2D eigenvalue weighted by molar-refractivity contribution is 6.05. The van der Waals surface area contributed by atoms with Gasteiger partial charge in [0.15, 0.2) is 5.78 Å². The molecule has 7 heteroatoms. The first-order chi connectivity index (χ1) is 13.4. The summed E-state index contributed by atoms with van der Waals surface area (Å²) >= 11 is 0. The Morgan fingerprint density at radius 2 is 1.93 bits per heavy atom. The first-order valence-corrected chi connectivity index (χ1v) is 10.5. The summed E-state index contributed by atoms with van der Waals surface area (Å²) in [6.45, 7) is 9.42. The average Bonchev–Trinajstić information content (AvgIpc) is 2.78. The van der Waals surface area contributed by atoms with Gasteiger partial charge in [0.25, 0.3) is 0 Å². The third-order valence-corrected chi connectivity index (χ3v) is 9.18. The van der Waals surface area contributed by atoms with Gasteiger partial charge in [-0.3, -0.25) is 9.59 Å². The third kappa shape index (κ3) is 1.90. The summed E-state index contributed by atoms with van der Waals surface area (Å²) in [4.78, 5) is 25.5. The summed E-state index contributed by atoms with van der Waals surface area (Å²) in [7, 11) is 0. The minimum atomic E-state index is -2.09. The van der Waals surface area contributed by atoms with Gasteiger partial charge in [-0.25, -0.2) is 0 Å². The molecule has 8 atom stereocenters. The van der Waals surface area contributed by atoms with E-state index in [1.54, 1.807) is 0 Å². The number of carbonyl (C=O) groups excluding carboxylic acids is 2. The second-order valence-electron chi connectivity index (χ2n) is 10.7. The van der Waals surface area contributed by atoms with Gasteiger partial charge in [-0.05, 0) is 43.4 Å². The smallest absolute Gasteiger partial charge is 0.302 e. The number of ketones is 1. The van der Waals surface area contributed by atoms with Crippen LogP contribution < -0.4 is 0 Å². The van der Waals surface area contributed by atoms with Crippen LogP contribution in [-0.2, 0) is 19.1 Å². The van der Waals surface area contributed by atoms with Crippen LogP contribution >= 0.6 is 0 Å². The maximum absolute atomic E-state index is 13.5. The molecule has 3 N–H and O–H groups in total. The standard InChI is InChI=1S/C22H30O7/c1-11-16(24)21-9-19(11,26)8-5-13(21)20-10-28-22(21,27)17(25)15(20)18(3,4)7-6-14(20)29-12(2)23/h13-15,17,25-27H,1,5-10H2,2-4H3/t13-,14-,15+,17-,19-,20+,21-,22-/m0/s1. The van der Waals surface area contributed by atoms with Crippen molar-refractivity contribution in [2.24, 2.45) is 28.1 Å². The molecule has 4 bridgehead atoms. The summed E-state index contributed by atoms with van der Waals surface area (Å²) < 4.78 is 11.7. The lowest BCUT2D eigenvalue weighted by Gasteiger charge is -2.74. The Kier molecular flexibility index (Phi) is 3.60. The fourth-order valence-electron chi connectivity index (χ4n) is 8.15. The summed E-state index contributed by atoms with van der Waals surface area (Å²) in [6.07, 6.45) is 0.281. The molecule has 2 heterocycles. The van der Waals surface area contributed by atoms with E-state index in [4.69, 9.17) is 9.47 Å². The highest BCUT2D eigenvalue weighted by Gasteiger charge is 2.86. The van der Waals surface area contributed by atoms with E-state index < -0.39 is 52.1 Å². The molecule has 0 aromatic heterocycles. The van der Waals surface area contributed by atoms with Crippen molar-refractivity contribution in [3.8, 4) is 0 Å². The lowest BCUT2D eigenvalue weighted by molar-refractivity contribution is -0.450. The van der Waals surface area contributed by atoms with E-state index in [-0.39, 0.29) is 29.9 Å². The van der Waals surface area contributed by atoms with Gasteiger partial charge in [0.05, 0.1) is 17.6 Å². The molecule has 0 unspecified atom stereocenters. The second-order valence-corrected chi connectivity index (χ2v) is 10.7. The Morgan fingerprint density at radius 3 is 2.59 bits per heavy atom. The fraction of sp³-hybridized carbons (Fsp3) is 0.818. The molecule has 2 aliphatic heterocycles. The van der Waals surface area contributed by atoms with E-state index in [0.29, 0.717) is 19.3 Å². The third-order valence-electron chi connectivity index (χ3n) is 9.18. The SMILES string of the molecule is C=C1C(=O)[C@]23C[C@@]1(O)CC[C@H]2[C@@]12CO[C@@]3(O)[C@@H](O)[C@@H]1C(C)(C)CC[C@@H]2OC(C)=O. The first-order valence-electron chi connectivity index (χ1n) is 10.5. The zero-order valence-electron chi connectivity index (χ0n) is 17.2. The van der Waals surface area contributed by atoms with Crippen molar-refractivity contribution in [1.82, 2.24) is 0 Å². The van der Waals surface area contributed by atoms with Crippen molar-refractivity contribution >= 4 is 11.8 Å². The van der Waals surface area contributed by atoms with Gasteiger partial charge in [0.2, 0.25) is 5.79 Å². The summed E-state index contributed by atoms with van der Waals surface area (Å²) in [5.74, 6) is -3.71. The second kappa shape index (κ2) is 5.31. The largest absolute Gasteiger partial charge is 0.462 e. The molecule has 2 spiro atoms. The summed E-state index contributed by atoms with van der Waals surface area (Å²) in [5.41, 5.74) is -3.93. The molecule has 6 aliphatic rings. The average molecular weight is 406 g/mol. The molecule has 7 nitrogen and oxygen atoms in total. The maximum Gasteiger partial charge on any atom is 0.302 e. The van der Waals surface area contributed by atoms with Crippen molar-refractivity contribution in [3.63, 3.8) is 0 Å². The Bertz CT molecular complexity index is 835. The topological polar surface area (TPSA) is 113 Å². The van der Waals surface area contributed by atoms with Crippen LogP contribution in [0, 0.1) is 28.1 Å². The molecule has 6 rings (SSSR count). The molecular weight excluding hydrogens is 376 g/mol. The van der Waals surface area contributed by atoms with Crippen LogP contribution in [0.5, 0.6) is 0 Å². The fourth-order valence-corrected chi connectivity index (χ4v) is 8.15. The number of rotatable bonds is 1. The van der Waals surface area contributed by atoms with E-state index in [0.717, 1.165) is 6.42 Å². The van der Waals surface area contributed by atoms with Crippen LogP contribution in [0.2, 0.25) is 0 Å². The van der Waals surface area contributed by atoms with Gasteiger partial charge in [0, 0.05) is 23.8 Å². The van der Waals surface area contributed by atoms with Crippen LogP contribution in [0.1, 0.15) is 52.9 Å². The van der Waals surface area contributed by atoms with Crippen molar-refractivity contribution in [1.29, 1.82) is 0 Å². The first kappa shape index (κ1) is 19.7. The minimum Gasteiger partial charge on any atom is -0.462 e. The van der Waals surface area contributed by atoms with Gasteiger partial charge in [0.1, 0.15) is 12.2 Å². The van der Waals surface area contributed by atoms with E-state index in [1.807, 2.05) is 0 Å². The summed E-state index contributed by atoms with van der Waals surface area (Å²) in [5, 5.41) is 34.3. The number of aliphatic hydroxyl groups excluding tert-OH is 1. The Morgan fingerprint density at radius 1 is 1.24 bits per heavy atom. The summed E-state index contributed by atoms with van der Waals surface area (Å²) in [6, 6.07) is 0. The van der Waals surface area contributed by atoms with Crippen LogP contribution in [0.15, 0.2) is 12.2 Å². The van der Waals surface area contributed by atoms with Gasteiger partial charge >= 0.3 is 5.97 Å². The van der Waals surface area contributed by atoms with Crippen molar-refractivity contribution in [3.05, 3.63) is 12.2 Å². The number of carbonyl (C=O) groups is 2. The number of esters is 1. The lowest BCUT2D eigenvalue weighted by atomic mass is 9.36. The van der Waals surface area contributed by atoms with Crippen molar-refractivity contribution < 1.29 is 34.4 Å². The number of fused-ring (bicyclic) bond motifs is 2. The molecule has 29 heavy (non-hydrogen) atoms. The molecule has 4 aliphatic carbocycles. The maximum atomic E-state index is 13.5. The molecular formula is C22H30O7. The van der Waals surface area contributed by atoms with Crippen LogP contribution in [0.25, 0.3) is 0 Å². The van der Waals surface area contributed by atoms with Crippen molar-refractivity contribution in [2.45, 2.75) is 76.5 Å². The lowest BCUT2D eigenvalue weighted by Crippen LogP contribution is -2.84. The monoisotopic (exact) mass is 406 g/mol. The highest BCUT2D eigenvalue weighted by Crippen LogP contribution is 2.77. The quantitative estimate of drug-likeness (QED) is 0.441. The van der Waals surface area contributed by atoms with Crippen LogP contribution in [-0.4, -0.2) is 57.3 Å². The van der Waals surface area contributed by atoms with Crippen LogP contribution in [0.4, 0.5) is 0 Å². The number of aliphatic hydroxyl groups is 3. The van der Waals surface area contributed by atoms with E-state index >= 15 is 0 Å². The van der Waals surface area contributed by atoms with Gasteiger partial charge < -0.3 is 24.8 Å². The van der Waals surface area contributed by atoms with E-state index in [9.17, 15) is 24.9 Å². The molecule has 0 amide bonds. The Labute approximate surface area is 170 Å².